The van der Waals surface area contributed by atoms with Crippen LogP contribution in [0.15, 0.2) is 6.20 Å². The number of nitrogen functional groups attached to an aromatic ring is 1. The van der Waals surface area contributed by atoms with Gasteiger partial charge in [-0.15, -0.1) is 0 Å². The molecule has 90 valence electrons. The molecule has 0 saturated heterocycles. The van der Waals surface area contributed by atoms with Gasteiger partial charge in [0.2, 0.25) is 11.9 Å². The van der Waals surface area contributed by atoms with Gasteiger partial charge in [-0.2, -0.15) is 20.1 Å². The summed E-state index contributed by atoms with van der Waals surface area (Å²) in [6, 6.07) is 0.168. The van der Waals surface area contributed by atoms with E-state index in [9.17, 15) is 0 Å². The third kappa shape index (κ3) is 2.41. The fourth-order valence-corrected chi connectivity index (χ4v) is 1.36. The maximum Gasteiger partial charge on any atom is 0.322 e. The highest BCUT2D eigenvalue weighted by molar-refractivity contribution is 5.55. The molecule has 0 unspecified atom stereocenters. The van der Waals surface area contributed by atoms with Gasteiger partial charge in [0, 0.05) is 13.2 Å². The molecule has 0 saturated carbocycles. The zero-order valence-corrected chi connectivity index (χ0v) is 9.80. The number of aromatic nitrogens is 5. The van der Waals surface area contributed by atoms with E-state index in [-0.39, 0.29) is 12.0 Å². The summed E-state index contributed by atoms with van der Waals surface area (Å²) in [5, 5.41) is 7.20. The topological polar surface area (TPSA) is 104 Å². The summed E-state index contributed by atoms with van der Waals surface area (Å²) in [6.45, 7) is 1.88. The van der Waals surface area contributed by atoms with Crippen LogP contribution in [0, 0.1) is 6.92 Å². The van der Waals surface area contributed by atoms with Crippen LogP contribution >= 0.6 is 0 Å². The van der Waals surface area contributed by atoms with Crippen molar-refractivity contribution in [3.63, 3.8) is 0 Å². The molecule has 0 spiro atoms. The minimum Gasteiger partial charge on any atom is -0.467 e. The van der Waals surface area contributed by atoms with Crippen LogP contribution in [0.5, 0.6) is 6.01 Å². The van der Waals surface area contributed by atoms with Crippen molar-refractivity contribution in [2.24, 2.45) is 7.05 Å². The molecule has 0 aromatic carbocycles. The van der Waals surface area contributed by atoms with Gasteiger partial charge in [0.15, 0.2) is 0 Å². The van der Waals surface area contributed by atoms with Crippen molar-refractivity contribution in [1.29, 1.82) is 0 Å². The maximum absolute atomic E-state index is 5.53. The predicted octanol–water partition coefficient (Wildman–Crippen LogP) is 0.248. The van der Waals surface area contributed by atoms with Gasteiger partial charge in [-0.1, -0.05) is 0 Å². The van der Waals surface area contributed by atoms with E-state index in [1.165, 1.54) is 7.11 Å². The van der Waals surface area contributed by atoms with E-state index in [1.54, 1.807) is 4.68 Å². The molecule has 17 heavy (non-hydrogen) atoms. The second-order valence-electron chi connectivity index (χ2n) is 3.43. The van der Waals surface area contributed by atoms with Crippen LogP contribution in [0.25, 0.3) is 0 Å². The highest BCUT2D eigenvalue weighted by Gasteiger charge is 2.08. The van der Waals surface area contributed by atoms with Gasteiger partial charge in [0.05, 0.1) is 18.5 Å². The molecule has 0 aliphatic heterocycles. The smallest absolute Gasteiger partial charge is 0.322 e. The van der Waals surface area contributed by atoms with Crippen molar-refractivity contribution in [2.75, 3.05) is 18.2 Å². The molecule has 8 heteroatoms. The number of hydrogen-bond donors (Lipinski definition) is 2. The number of anilines is 3. The summed E-state index contributed by atoms with van der Waals surface area (Å²) >= 11 is 0. The standard InChI is InChI=1S/C9H13N7O/c1-5-6(4-16(2)15-5)11-8-12-7(10)13-9(14-8)17-3/h4H,1-3H3,(H3,10,11,12,13,14). The number of aryl methyl sites for hydroxylation is 2. The van der Waals surface area contributed by atoms with Crippen LogP contribution in [-0.4, -0.2) is 31.8 Å². The predicted molar refractivity (Wildman–Crippen MR) is 62.0 cm³/mol. The first-order valence-corrected chi connectivity index (χ1v) is 4.91. The van der Waals surface area contributed by atoms with E-state index in [0.29, 0.717) is 5.95 Å². The summed E-state index contributed by atoms with van der Waals surface area (Å²) in [6.07, 6.45) is 1.82. The van der Waals surface area contributed by atoms with Crippen LogP contribution in [0.4, 0.5) is 17.6 Å². The van der Waals surface area contributed by atoms with Crippen molar-refractivity contribution in [3.8, 4) is 6.01 Å². The van der Waals surface area contributed by atoms with Crippen molar-refractivity contribution in [1.82, 2.24) is 24.7 Å². The minimum absolute atomic E-state index is 0.0980. The van der Waals surface area contributed by atoms with Crippen LogP contribution in [-0.2, 0) is 7.05 Å². The third-order valence-electron chi connectivity index (χ3n) is 2.07. The van der Waals surface area contributed by atoms with Crippen LogP contribution in [0.3, 0.4) is 0 Å². The number of ether oxygens (including phenoxy) is 1. The van der Waals surface area contributed by atoms with Gasteiger partial charge in [0.25, 0.3) is 0 Å². The van der Waals surface area contributed by atoms with E-state index in [2.05, 4.69) is 25.4 Å². The fourth-order valence-electron chi connectivity index (χ4n) is 1.36. The quantitative estimate of drug-likeness (QED) is 0.785. The Labute approximate surface area is 97.9 Å². The SMILES string of the molecule is COc1nc(N)nc(Nc2cn(C)nc2C)n1. The summed E-state index contributed by atoms with van der Waals surface area (Å²) < 4.78 is 6.60. The molecule has 2 aromatic heterocycles. The van der Waals surface area contributed by atoms with Gasteiger partial charge in [0.1, 0.15) is 0 Å². The second kappa shape index (κ2) is 4.24. The molecular weight excluding hydrogens is 222 g/mol. The Balaban J connectivity index is 2.29. The van der Waals surface area contributed by atoms with Crippen LogP contribution in [0.1, 0.15) is 5.69 Å². The van der Waals surface area contributed by atoms with Gasteiger partial charge >= 0.3 is 6.01 Å². The molecule has 0 atom stereocenters. The Morgan fingerprint density at radius 3 is 2.71 bits per heavy atom. The molecule has 0 bridgehead atoms. The number of nitrogens with one attached hydrogen (secondary N) is 1. The number of nitrogens with two attached hydrogens (primary N) is 1. The summed E-state index contributed by atoms with van der Waals surface area (Å²) in [4.78, 5) is 11.8. The number of rotatable bonds is 3. The number of methoxy groups -OCH3 is 1. The number of hydrogen-bond acceptors (Lipinski definition) is 7. The third-order valence-corrected chi connectivity index (χ3v) is 2.07. The zero-order chi connectivity index (χ0) is 12.4. The molecule has 0 aliphatic carbocycles. The summed E-state index contributed by atoms with van der Waals surface area (Å²) in [7, 11) is 3.30. The largest absolute Gasteiger partial charge is 0.467 e. The molecule has 3 N–H and O–H groups in total. The summed E-state index contributed by atoms with van der Waals surface area (Å²) in [5.74, 6) is 0.423. The van der Waals surface area contributed by atoms with Crippen LogP contribution < -0.4 is 15.8 Å². The Kier molecular flexibility index (Phi) is 2.77. The Morgan fingerprint density at radius 1 is 1.35 bits per heavy atom. The first-order valence-electron chi connectivity index (χ1n) is 4.91. The van der Waals surface area contributed by atoms with Crippen LogP contribution in [0.2, 0.25) is 0 Å². The first-order chi connectivity index (χ1) is 8.08. The van der Waals surface area contributed by atoms with Crippen molar-refractivity contribution in [3.05, 3.63) is 11.9 Å². The van der Waals surface area contributed by atoms with Crippen molar-refractivity contribution < 1.29 is 4.74 Å². The lowest BCUT2D eigenvalue weighted by atomic mass is 10.4. The van der Waals surface area contributed by atoms with Gasteiger partial charge in [-0.05, 0) is 6.92 Å². The van der Waals surface area contributed by atoms with E-state index in [1.807, 2.05) is 20.2 Å². The molecule has 2 heterocycles. The highest BCUT2D eigenvalue weighted by atomic mass is 16.5. The molecule has 0 aliphatic rings. The monoisotopic (exact) mass is 235 g/mol. The molecule has 2 aromatic rings. The van der Waals surface area contributed by atoms with Crippen molar-refractivity contribution in [2.45, 2.75) is 6.92 Å². The van der Waals surface area contributed by atoms with E-state index in [0.717, 1.165) is 11.4 Å². The first kappa shape index (κ1) is 11.1. The zero-order valence-electron chi connectivity index (χ0n) is 9.80. The minimum atomic E-state index is 0.0980. The molecule has 0 fully saturated rings. The van der Waals surface area contributed by atoms with Crippen molar-refractivity contribution >= 4 is 17.6 Å². The Bertz CT molecular complexity index is 536. The molecule has 8 nitrogen and oxygen atoms in total. The maximum atomic E-state index is 5.53. The molecule has 2 rings (SSSR count). The molecule has 0 radical (unpaired) electrons. The molecular formula is C9H13N7O. The van der Waals surface area contributed by atoms with Gasteiger partial charge in [-0.3, -0.25) is 4.68 Å². The Hall–Kier alpha value is -2.38. The highest BCUT2D eigenvalue weighted by Crippen LogP contribution is 2.17. The number of nitrogens with zero attached hydrogens (tertiary/aromatic N) is 5. The van der Waals surface area contributed by atoms with Gasteiger partial charge in [-0.25, -0.2) is 0 Å². The summed E-state index contributed by atoms with van der Waals surface area (Å²) in [5.41, 5.74) is 7.17. The molecule has 0 amide bonds. The van der Waals surface area contributed by atoms with E-state index in [4.69, 9.17) is 10.5 Å². The normalized spacial score (nSPS) is 10.3. The fraction of sp³-hybridized carbons (Fsp3) is 0.333. The van der Waals surface area contributed by atoms with E-state index < -0.39 is 0 Å². The second-order valence-corrected chi connectivity index (χ2v) is 3.43. The lowest BCUT2D eigenvalue weighted by molar-refractivity contribution is 0.380. The lowest BCUT2D eigenvalue weighted by Crippen LogP contribution is -2.05. The average Bonchev–Trinajstić information content (AvgIpc) is 2.56. The Morgan fingerprint density at radius 2 is 2.12 bits per heavy atom. The lowest BCUT2D eigenvalue weighted by Gasteiger charge is -2.04. The van der Waals surface area contributed by atoms with E-state index >= 15 is 0 Å². The van der Waals surface area contributed by atoms with Gasteiger partial charge < -0.3 is 15.8 Å². The average molecular weight is 235 g/mol.